The van der Waals surface area contributed by atoms with Crippen LogP contribution in [0.1, 0.15) is 28.9 Å². The van der Waals surface area contributed by atoms with Gasteiger partial charge in [-0.3, -0.25) is 9.36 Å². The summed E-state index contributed by atoms with van der Waals surface area (Å²) in [4.78, 5) is 25.8. The fraction of sp³-hybridized carbons (Fsp3) is 0.240. The Balaban J connectivity index is 1.62. The Bertz CT molecular complexity index is 1350. The van der Waals surface area contributed by atoms with Gasteiger partial charge >= 0.3 is 0 Å². The summed E-state index contributed by atoms with van der Waals surface area (Å²) < 4.78 is 7.26. The number of rotatable bonds is 6. The van der Waals surface area contributed by atoms with Crippen molar-refractivity contribution in [3.05, 3.63) is 66.1 Å². The molecule has 8 heteroatoms. The second-order valence-corrected chi connectivity index (χ2v) is 7.88. The molecule has 0 spiro atoms. The van der Waals surface area contributed by atoms with Crippen LogP contribution in [0.5, 0.6) is 0 Å². The van der Waals surface area contributed by atoms with E-state index in [2.05, 4.69) is 21.4 Å². The fourth-order valence-corrected chi connectivity index (χ4v) is 4.22. The second kappa shape index (κ2) is 9.18. The minimum atomic E-state index is 0.156. The Labute approximate surface area is 190 Å². The standard InChI is InChI=1S/C25H22N6O2/c26-11-7-19-15-28-24(21-6-5-17-3-1-2-4-20(17)22(21)16-32)31(19)23-8-12-27-25(30-23)29-18-9-13-33-14-10-18/h1-6,8,12,15-16,18H,7,9-10,13-14H2,(H,27,29,30). The summed E-state index contributed by atoms with van der Waals surface area (Å²) >= 11 is 0. The maximum Gasteiger partial charge on any atom is 0.224 e. The average Bonchev–Trinajstić information content (AvgIpc) is 3.27. The Morgan fingerprint density at radius 1 is 1.15 bits per heavy atom. The maximum absolute atomic E-state index is 12.1. The molecule has 3 heterocycles. The predicted molar refractivity (Wildman–Crippen MR) is 124 cm³/mol. The van der Waals surface area contributed by atoms with Gasteiger partial charge in [0.2, 0.25) is 5.95 Å². The summed E-state index contributed by atoms with van der Waals surface area (Å²) in [5.41, 5.74) is 1.93. The molecule has 0 unspecified atom stereocenters. The summed E-state index contributed by atoms with van der Waals surface area (Å²) in [6.45, 7) is 1.43. The number of aromatic nitrogens is 4. The molecular formula is C25H22N6O2. The fourth-order valence-electron chi connectivity index (χ4n) is 4.22. The normalized spacial score (nSPS) is 14.2. The molecule has 0 atom stereocenters. The van der Waals surface area contributed by atoms with Crippen molar-refractivity contribution < 1.29 is 9.53 Å². The van der Waals surface area contributed by atoms with Crippen molar-refractivity contribution in [1.82, 2.24) is 19.5 Å². The number of carbonyl (C=O) groups is 1. The van der Waals surface area contributed by atoms with E-state index < -0.39 is 0 Å². The van der Waals surface area contributed by atoms with E-state index in [-0.39, 0.29) is 12.5 Å². The van der Waals surface area contributed by atoms with E-state index in [4.69, 9.17) is 9.72 Å². The molecule has 1 fully saturated rings. The van der Waals surface area contributed by atoms with Gasteiger partial charge in [-0.15, -0.1) is 0 Å². The monoisotopic (exact) mass is 438 g/mol. The number of hydrogen-bond donors (Lipinski definition) is 1. The molecule has 0 bridgehead atoms. The zero-order valence-corrected chi connectivity index (χ0v) is 17.9. The Kier molecular flexibility index (Phi) is 5.79. The molecule has 2 aromatic heterocycles. The van der Waals surface area contributed by atoms with Gasteiger partial charge in [-0.1, -0.05) is 30.3 Å². The van der Waals surface area contributed by atoms with Crippen LogP contribution in [-0.2, 0) is 11.2 Å². The lowest BCUT2D eigenvalue weighted by Gasteiger charge is -2.23. The van der Waals surface area contributed by atoms with Crippen molar-refractivity contribution in [2.45, 2.75) is 25.3 Å². The second-order valence-electron chi connectivity index (χ2n) is 7.88. The van der Waals surface area contributed by atoms with Crippen molar-refractivity contribution in [3.8, 4) is 23.3 Å². The predicted octanol–water partition coefficient (Wildman–Crippen LogP) is 3.95. The molecule has 2 aromatic carbocycles. The molecule has 1 aliphatic rings. The van der Waals surface area contributed by atoms with Gasteiger partial charge in [0.05, 0.1) is 24.4 Å². The van der Waals surface area contributed by atoms with Gasteiger partial charge in [-0.05, 0) is 35.7 Å². The van der Waals surface area contributed by atoms with Crippen LogP contribution in [-0.4, -0.2) is 45.1 Å². The number of benzene rings is 2. The third-order valence-electron chi connectivity index (χ3n) is 5.85. The van der Waals surface area contributed by atoms with Crippen molar-refractivity contribution >= 4 is 23.0 Å². The van der Waals surface area contributed by atoms with Crippen molar-refractivity contribution in [1.29, 1.82) is 5.26 Å². The van der Waals surface area contributed by atoms with E-state index in [1.165, 1.54) is 0 Å². The highest BCUT2D eigenvalue weighted by Crippen LogP contribution is 2.31. The SMILES string of the molecule is N#CCc1cnc(-c2ccc3ccccc3c2C=O)n1-c1ccnc(NC2CCOCC2)n1. The zero-order valence-electron chi connectivity index (χ0n) is 17.9. The summed E-state index contributed by atoms with van der Waals surface area (Å²) in [6, 6.07) is 15.8. The molecular weight excluding hydrogens is 416 g/mol. The number of anilines is 1. The van der Waals surface area contributed by atoms with Crippen LogP contribution in [0.25, 0.3) is 28.0 Å². The van der Waals surface area contributed by atoms with E-state index in [0.29, 0.717) is 47.6 Å². The number of nitriles is 1. The number of carbonyl (C=O) groups excluding carboxylic acids is 1. The molecule has 0 radical (unpaired) electrons. The highest BCUT2D eigenvalue weighted by atomic mass is 16.5. The average molecular weight is 438 g/mol. The lowest BCUT2D eigenvalue weighted by molar-refractivity contribution is 0.0903. The van der Waals surface area contributed by atoms with Gasteiger partial charge < -0.3 is 10.1 Å². The molecule has 0 saturated carbocycles. The summed E-state index contributed by atoms with van der Waals surface area (Å²) in [6.07, 6.45) is 6.15. The first-order valence-corrected chi connectivity index (χ1v) is 10.9. The smallest absolute Gasteiger partial charge is 0.224 e. The molecule has 1 aliphatic heterocycles. The first kappa shape index (κ1) is 20.8. The zero-order chi connectivity index (χ0) is 22.6. The first-order valence-electron chi connectivity index (χ1n) is 10.9. The Hall–Kier alpha value is -4.09. The number of ether oxygens (including phenoxy) is 1. The maximum atomic E-state index is 12.1. The number of aldehydes is 1. The quantitative estimate of drug-likeness (QED) is 0.454. The molecule has 0 amide bonds. The van der Waals surface area contributed by atoms with Gasteiger partial charge in [-0.25, -0.2) is 9.97 Å². The topological polar surface area (TPSA) is 106 Å². The Morgan fingerprint density at radius 3 is 2.82 bits per heavy atom. The molecule has 4 aromatic rings. The van der Waals surface area contributed by atoms with Gasteiger partial charge in [0, 0.05) is 36.6 Å². The van der Waals surface area contributed by atoms with E-state index in [0.717, 1.165) is 29.9 Å². The van der Waals surface area contributed by atoms with Crippen LogP contribution in [0.2, 0.25) is 0 Å². The summed E-state index contributed by atoms with van der Waals surface area (Å²) in [7, 11) is 0. The molecule has 5 rings (SSSR count). The van der Waals surface area contributed by atoms with Crippen molar-refractivity contribution in [2.24, 2.45) is 0 Å². The molecule has 1 saturated heterocycles. The Morgan fingerprint density at radius 2 is 2.00 bits per heavy atom. The van der Waals surface area contributed by atoms with E-state index in [1.807, 2.05) is 41.0 Å². The number of hydrogen-bond acceptors (Lipinski definition) is 7. The van der Waals surface area contributed by atoms with Crippen LogP contribution < -0.4 is 5.32 Å². The largest absolute Gasteiger partial charge is 0.381 e. The lowest BCUT2D eigenvalue weighted by atomic mass is 9.99. The third kappa shape index (κ3) is 4.06. The number of nitrogens with zero attached hydrogens (tertiary/aromatic N) is 5. The van der Waals surface area contributed by atoms with Crippen LogP contribution in [0.4, 0.5) is 5.95 Å². The number of imidazole rings is 1. The van der Waals surface area contributed by atoms with Crippen molar-refractivity contribution in [3.63, 3.8) is 0 Å². The number of nitrogens with one attached hydrogen (secondary N) is 1. The molecule has 164 valence electrons. The molecule has 1 N–H and O–H groups in total. The molecule has 33 heavy (non-hydrogen) atoms. The first-order chi connectivity index (χ1) is 16.3. The van der Waals surface area contributed by atoms with E-state index >= 15 is 0 Å². The highest BCUT2D eigenvalue weighted by molar-refractivity contribution is 6.04. The number of fused-ring (bicyclic) bond motifs is 1. The van der Waals surface area contributed by atoms with Gasteiger partial charge in [0.1, 0.15) is 11.6 Å². The van der Waals surface area contributed by atoms with Gasteiger partial charge in [0.25, 0.3) is 0 Å². The minimum absolute atomic E-state index is 0.156. The van der Waals surface area contributed by atoms with Crippen LogP contribution >= 0.6 is 0 Å². The highest BCUT2D eigenvalue weighted by Gasteiger charge is 2.20. The van der Waals surface area contributed by atoms with Crippen LogP contribution in [0.15, 0.2) is 54.9 Å². The summed E-state index contributed by atoms with van der Waals surface area (Å²) in [5, 5.41) is 14.6. The molecule has 8 nitrogen and oxygen atoms in total. The molecule has 0 aliphatic carbocycles. The van der Waals surface area contributed by atoms with Crippen LogP contribution in [0, 0.1) is 11.3 Å². The van der Waals surface area contributed by atoms with E-state index in [1.54, 1.807) is 18.5 Å². The van der Waals surface area contributed by atoms with Crippen molar-refractivity contribution in [2.75, 3.05) is 18.5 Å². The van der Waals surface area contributed by atoms with Gasteiger partial charge in [0.15, 0.2) is 6.29 Å². The van der Waals surface area contributed by atoms with Gasteiger partial charge in [-0.2, -0.15) is 10.2 Å². The lowest BCUT2D eigenvalue weighted by Crippen LogP contribution is -2.28. The summed E-state index contributed by atoms with van der Waals surface area (Å²) in [5.74, 6) is 1.65. The minimum Gasteiger partial charge on any atom is -0.381 e. The third-order valence-corrected chi connectivity index (χ3v) is 5.85. The van der Waals surface area contributed by atoms with E-state index in [9.17, 15) is 10.1 Å². The van der Waals surface area contributed by atoms with Crippen LogP contribution in [0.3, 0.4) is 0 Å².